The van der Waals surface area contributed by atoms with Crippen LogP contribution in [0, 0.1) is 0 Å². The fourth-order valence-electron chi connectivity index (χ4n) is 1.92. The van der Waals surface area contributed by atoms with E-state index < -0.39 is 0 Å². The first-order chi connectivity index (χ1) is 8.69. The van der Waals surface area contributed by atoms with E-state index in [2.05, 4.69) is 10.6 Å². The second kappa shape index (κ2) is 6.18. The second-order valence-electron chi connectivity index (χ2n) is 4.43. The Bertz CT molecular complexity index is 419. The van der Waals surface area contributed by atoms with E-state index >= 15 is 0 Å². The summed E-state index contributed by atoms with van der Waals surface area (Å²) in [7, 11) is 1.71. The molecule has 0 spiro atoms. The van der Waals surface area contributed by atoms with Gasteiger partial charge in [0.15, 0.2) is 0 Å². The van der Waals surface area contributed by atoms with Crippen LogP contribution >= 0.6 is 11.6 Å². The van der Waals surface area contributed by atoms with Crippen LogP contribution in [0.1, 0.15) is 12.8 Å². The molecule has 1 amide bonds. The molecule has 0 saturated heterocycles. The Kier molecular flexibility index (Phi) is 4.58. The van der Waals surface area contributed by atoms with Gasteiger partial charge in [-0.2, -0.15) is 0 Å². The van der Waals surface area contributed by atoms with Crippen molar-refractivity contribution in [2.75, 3.05) is 19.0 Å². The van der Waals surface area contributed by atoms with E-state index in [0.29, 0.717) is 29.4 Å². The highest BCUT2D eigenvalue weighted by atomic mass is 35.5. The minimum Gasteiger partial charge on any atom is -0.381 e. The van der Waals surface area contributed by atoms with Gasteiger partial charge < -0.3 is 15.4 Å². The number of carbonyl (C=O) groups is 1. The van der Waals surface area contributed by atoms with Gasteiger partial charge in [-0.1, -0.05) is 23.7 Å². The number of rotatable bonds is 5. The lowest BCUT2D eigenvalue weighted by Crippen LogP contribution is -2.47. The Balaban J connectivity index is 1.71. The first-order valence-electron chi connectivity index (χ1n) is 5.99. The molecule has 0 radical (unpaired) electrons. The van der Waals surface area contributed by atoms with Crippen molar-refractivity contribution in [3.05, 3.63) is 29.3 Å². The van der Waals surface area contributed by atoms with Crippen LogP contribution in [0.5, 0.6) is 0 Å². The molecule has 1 aromatic rings. The summed E-state index contributed by atoms with van der Waals surface area (Å²) in [5.41, 5.74) is 0.648. The van der Waals surface area contributed by atoms with Crippen molar-refractivity contribution in [2.45, 2.75) is 25.0 Å². The molecule has 2 rings (SSSR count). The monoisotopic (exact) mass is 268 g/mol. The first-order valence-corrected chi connectivity index (χ1v) is 6.37. The van der Waals surface area contributed by atoms with Gasteiger partial charge in [0, 0.05) is 13.2 Å². The molecule has 0 atom stereocenters. The first kappa shape index (κ1) is 13.3. The fourth-order valence-corrected chi connectivity index (χ4v) is 2.10. The van der Waals surface area contributed by atoms with E-state index in [4.69, 9.17) is 16.3 Å². The Morgan fingerprint density at radius 3 is 2.83 bits per heavy atom. The van der Waals surface area contributed by atoms with Gasteiger partial charge in [0.05, 0.1) is 23.4 Å². The predicted octanol–water partition coefficient (Wildman–Crippen LogP) is 2.05. The van der Waals surface area contributed by atoms with Crippen LogP contribution < -0.4 is 10.6 Å². The van der Waals surface area contributed by atoms with Crippen molar-refractivity contribution in [3.63, 3.8) is 0 Å². The standard InChI is InChI=1S/C13H17ClN2O2/c1-18-10-6-9(7-10)15-8-13(17)16-12-5-3-2-4-11(12)14/h2-5,9-10,15H,6-8H2,1H3,(H,16,17). The normalized spacial score (nSPS) is 22.3. The molecule has 0 unspecified atom stereocenters. The van der Waals surface area contributed by atoms with Gasteiger partial charge in [-0.15, -0.1) is 0 Å². The van der Waals surface area contributed by atoms with E-state index in [0.717, 1.165) is 12.8 Å². The Labute approximate surface area is 112 Å². The molecule has 5 heteroatoms. The van der Waals surface area contributed by atoms with E-state index in [1.54, 1.807) is 19.2 Å². The molecule has 0 heterocycles. The largest absolute Gasteiger partial charge is 0.381 e. The van der Waals surface area contributed by atoms with Gasteiger partial charge >= 0.3 is 0 Å². The topological polar surface area (TPSA) is 50.4 Å². The summed E-state index contributed by atoms with van der Waals surface area (Å²) in [4.78, 5) is 11.7. The number of amides is 1. The van der Waals surface area contributed by atoms with Gasteiger partial charge in [-0.3, -0.25) is 4.79 Å². The number of anilines is 1. The number of methoxy groups -OCH3 is 1. The molecule has 2 N–H and O–H groups in total. The summed E-state index contributed by atoms with van der Waals surface area (Å²) in [6.45, 7) is 0.298. The van der Waals surface area contributed by atoms with Crippen molar-refractivity contribution in [1.29, 1.82) is 0 Å². The smallest absolute Gasteiger partial charge is 0.238 e. The lowest BCUT2D eigenvalue weighted by molar-refractivity contribution is -0.115. The van der Waals surface area contributed by atoms with Crippen LogP contribution in [0.15, 0.2) is 24.3 Å². The molecule has 1 saturated carbocycles. The van der Waals surface area contributed by atoms with Gasteiger partial charge in [-0.05, 0) is 25.0 Å². The summed E-state index contributed by atoms with van der Waals surface area (Å²) >= 11 is 5.96. The van der Waals surface area contributed by atoms with E-state index in [-0.39, 0.29) is 5.91 Å². The zero-order valence-electron chi connectivity index (χ0n) is 10.3. The third-order valence-electron chi connectivity index (χ3n) is 3.13. The van der Waals surface area contributed by atoms with Crippen LogP contribution in [0.25, 0.3) is 0 Å². The Morgan fingerprint density at radius 2 is 2.17 bits per heavy atom. The summed E-state index contributed by atoms with van der Waals surface area (Å²) in [6, 6.07) is 7.58. The molecule has 1 aromatic carbocycles. The fraction of sp³-hybridized carbons (Fsp3) is 0.462. The maximum atomic E-state index is 11.7. The van der Waals surface area contributed by atoms with Crippen LogP contribution in [0.4, 0.5) is 5.69 Å². The minimum absolute atomic E-state index is 0.0797. The van der Waals surface area contributed by atoms with Crippen LogP contribution in [0.3, 0.4) is 0 Å². The molecule has 0 bridgehead atoms. The van der Waals surface area contributed by atoms with E-state index in [1.807, 2.05) is 12.1 Å². The number of ether oxygens (including phenoxy) is 1. The summed E-state index contributed by atoms with van der Waals surface area (Å²) in [6.07, 6.45) is 2.28. The van der Waals surface area contributed by atoms with Crippen molar-refractivity contribution in [3.8, 4) is 0 Å². The average Bonchev–Trinajstić information content (AvgIpc) is 2.30. The van der Waals surface area contributed by atoms with Crippen LogP contribution in [-0.2, 0) is 9.53 Å². The molecule has 1 fully saturated rings. The number of benzene rings is 1. The van der Waals surface area contributed by atoms with Gasteiger partial charge in [0.1, 0.15) is 0 Å². The van der Waals surface area contributed by atoms with Crippen LogP contribution in [-0.4, -0.2) is 31.7 Å². The third-order valence-corrected chi connectivity index (χ3v) is 3.46. The zero-order chi connectivity index (χ0) is 13.0. The molecular weight excluding hydrogens is 252 g/mol. The quantitative estimate of drug-likeness (QED) is 0.859. The molecule has 18 heavy (non-hydrogen) atoms. The minimum atomic E-state index is -0.0797. The highest BCUT2D eigenvalue weighted by molar-refractivity contribution is 6.33. The number of halogens is 1. The molecule has 0 aromatic heterocycles. The van der Waals surface area contributed by atoms with Gasteiger partial charge in [0.2, 0.25) is 5.91 Å². The van der Waals surface area contributed by atoms with E-state index in [1.165, 1.54) is 0 Å². The Morgan fingerprint density at radius 1 is 1.44 bits per heavy atom. The number of hydrogen-bond acceptors (Lipinski definition) is 3. The lowest BCUT2D eigenvalue weighted by atomic mass is 9.89. The molecule has 0 aliphatic heterocycles. The summed E-state index contributed by atoms with van der Waals surface area (Å²) in [5.74, 6) is -0.0797. The predicted molar refractivity (Wildman–Crippen MR) is 71.9 cm³/mol. The highest BCUT2D eigenvalue weighted by Gasteiger charge is 2.28. The Hall–Kier alpha value is -1.10. The zero-order valence-corrected chi connectivity index (χ0v) is 11.0. The summed E-state index contributed by atoms with van der Waals surface area (Å²) in [5, 5.41) is 6.51. The van der Waals surface area contributed by atoms with Crippen molar-refractivity contribution < 1.29 is 9.53 Å². The molecule has 1 aliphatic rings. The third kappa shape index (κ3) is 3.45. The maximum Gasteiger partial charge on any atom is 0.238 e. The average molecular weight is 269 g/mol. The number of para-hydroxylation sites is 1. The van der Waals surface area contributed by atoms with Gasteiger partial charge in [-0.25, -0.2) is 0 Å². The number of carbonyl (C=O) groups excluding carboxylic acids is 1. The molecule has 4 nitrogen and oxygen atoms in total. The SMILES string of the molecule is COC1CC(NCC(=O)Nc2ccccc2Cl)C1. The van der Waals surface area contributed by atoms with Crippen molar-refractivity contribution >= 4 is 23.2 Å². The lowest BCUT2D eigenvalue weighted by Gasteiger charge is -2.34. The maximum absolute atomic E-state index is 11.7. The second-order valence-corrected chi connectivity index (χ2v) is 4.84. The summed E-state index contributed by atoms with van der Waals surface area (Å²) < 4.78 is 5.18. The van der Waals surface area contributed by atoms with Crippen molar-refractivity contribution in [1.82, 2.24) is 5.32 Å². The number of nitrogens with one attached hydrogen (secondary N) is 2. The molecule has 1 aliphatic carbocycles. The molecular formula is C13H17ClN2O2. The van der Waals surface area contributed by atoms with E-state index in [9.17, 15) is 4.79 Å². The highest BCUT2D eigenvalue weighted by Crippen LogP contribution is 2.22. The molecule has 98 valence electrons. The van der Waals surface area contributed by atoms with Crippen LogP contribution in [0.2, 0.25) is 5.02 Å². The van der Waals surface area contributed by atoms with Gasteiger partial charge in [0.25, 0.3) is 0 Å². The number of hydrogen-bond donors (Lipinski definition) is 2. The van der Waals surface area contributed by atoms with Crippen molar-refractivity contribution in [2.24, 2.45) is 0 Å².